The summed E-state index contributed by atoms with van der Waals surface area (Å²) in [6.45, 7) is 8.38. The molecule has 4 heteroatoms. The smallest absolute Gasteiger partial charge is 0.320 e. The summed E-state index contributed by atoms with van der Waals surface area (Å²) in [4.78, 5) is 13.8. The second-order valence-corrected chi connectivity index (χ2v) is 6.16. The molecule has 0 spiro atoms. The van der Waals surface area contributed by atoms with Crippen molar-refractivity contribution in [3.63, 3.8) is 0 Å². The van der Waals surface area contributed by atoms with Crippen molar-refractivity contribution in [2.75, 3.05) is 19.7 Å². The third-order valence-electron chi connectivity index (χ3n) is 3.41. The first kappa shape index (κ1) is 15.0. The predicted molar refractivity (Wildman–Crippen MR) is 77.3 cm³/mol. The number of carbonyl (C=O) groups is 1. The van der Waals surface area contributed by atoms with Crippen LogP contribution in [0.4, 0.5) is 0 Å². The second kappa shape index (κ2) is 6.37. The van der Waals surface area contributed by atoms with E-state index in [1.165, 1.54) is 0 Å². The number of ether oxygens (including phenoxy) is 2. The molecule has 0 bridgehead atoms. The molecule has 0 amide bonds. The summed E-state index contributed by atoms with van der Waals surface area (Å²) in [6, 6.07) is 10.00. The minimum absolute atomic E-state index is 0.0306. The molecule has 1 aromatic carbocycles. The van der Waals surface area contributed by atoms with Gasteiger partial charge in [0, 0.05) is 12.1 Å². The van der Waals surface area contributed by atoms with Crippen LogP contribution in [-0.2, 0) is 20.9 Å². The molecular formula is C16H23NO3. The number of hydrogen-bond acceptors (Lipinski definition) is 4. The van der Waals surface area contributed by atoms with Gasteiger partial charge in [-0.3, -0.25) is 9.69 Å². The van der Waals surface area contributed by atoms with Crippen LogP contribution in [-0.4, -0.2) is 42.2 Å². The van der Waals surface area contributed by atoms with Crippen LogP contribution in [0.5, 0.6) is 0 Å². The zero-order valence-corrected chi connectivity index (χ0v) is 12.5. The lowest BCUT2D eigenvalue weighted by Crippen LogP contribution is -2.54. The topological polar surface area (TPSA) is 38.8 Å². The van der Waals surface area contributed by atoms with Gasteiger partial charge in [0.1, 0.15) is 6.10 Å². The molecule has 1 saturated heterocycles. The van der Waals surface area contributed by atoms with Gasteiger partial charge < -0.3 is 9.47 Å². The molecule has 110 valence electrons. The molecule has 1 aliphatic heterocycles. The Kier molecular flexibility index (Phi) is 4.78. The van der Waals surface area contributed by atoms with Crippen molar-refractivity contribution < 1.29 is 14.3 Å². The summed E-state index contributed by atoms with van der Waals surface area (Å²) in [5.41, 5.74) is 1.10. The van der Waals surface area contributed by atoms with Crippen molar-refractivity contribution in [3.8, 4) is 0 Å². The Hall–Kier alpha value is -1.39. The molecule has 0 radical (unpaired) electrons. The first-order valence-corrected chi connectivity index (χ1v) is 7.01. The van der Waals surface area contributed by atoms with E-state index in [9.17, 15) is 4.79 Å². The number of esters is 1. The third kappa shape index (κ3) is 4.32. The summed E-state index contributed by atoms with van der Waals surface area (Å²) in [7, 11) is 0. The third-order valence-corrected chi connectivity index (χ3v) is 3.41. The highest BCUT2D eigenvalue weighted by molar-refractivity contribution is 5.72. The average Bonchev–Trinajstić information content (AvgIpc) is 2.38. The molecule has 1 aromatic rings. The fourth-order valence-electron chi connectivity index (χ4n) is 2.21. The Morgan fingerprint density at radius 3 is 2.65 bits per heavy atom. The maximum Gasteiger partial charge on any atom is 0.320 e. The van der Waals surface area contributed by atoms with Gasteiger partial charge in [-0.25, -0.2) is 0 Å². The van der Waals surface area contributed by atoms with Gasteiger partial charge in [-0.1, -0.05) is 30.3 Å². The highest BCUT2D eigenvalue weighted by atomic mass is 16.6. The summed E-state index contributed by atoms with van der Waals surface area (Å²) < 4.78 is 11.0. The fourth-order valence-corrected chi connectivity index (χ4v) is 2.21. The van der Waals surface area contributed by atoms with Gasteiger partial charge in [-0.2, -0.15) is 0 Å². The SMILES string of the molecule is CC(C)(C)N1CC(=O)O[C@@H](COCc2ccccc2)C1. The van der Waals surface area contributed by atoms with E-state index in [0.717, 1.165) is 12.1 Å². The molecule has 0 aliphatic carbocycles. The number of benzene rings is 1. The van der Waals surface area contributed by atoms with Gasteiger partial charge in [-0.15, -0.1) is 0 Å². The molecule has 1 fully saturated rings. The Morgan fingerprint density at radius 2 is 2.00 bits per heavy atom. The first-order chi connectivity index (χ1) is 9.45. The van der Waals surface area contributed by atoms with Gasteiger partial charge >= 0.3 is 5.97 Å². The van der Waals surface area contributed by atoms with Crippen molar-refractivity contribution in [1.29, 1.82) is 0 Å². The molecule has 1 heterocycles. The molecule has 0 N–H and O–H groups in total. The van der Waals surface area contributed by atoms with E-state index in [0.29, 0.717) is 19.8 Å². The Labute approximate surface area is 120 Å². The maximum absolute atomic E-state index is 11.6. The van der Waals surface area contributed by atoms with Crippen molar-refractivity contribution in [2.45, 2.75) is 39.0 Å². The summed E-state index contributed by atoms with van der Waals surface area (Å²) >= 11 is 0. The number of rotatable bonds is 4. The van der Waals surface area contributed by atoms with Crippen LogP contribution in [0.25, 0.3) is 0 Å². The van der Waals surface area contributed by atoms with E-state index in [-0.39, 0.29) is 17.6 Å². The van der Waals surface area contributed by atoms with Crippen LogP contribution >= 0.6 is 0 Å². The first-order valence-electron chi connectivity index (χ1n) is 7.01. The van der Waals surface area contributed by atoms with E-state index in [1.54, 1.807) is 0 Å². The Balaban J connectivity index is 1.82. The van der Waals surface area contributed by atoms with Crippen LogP contribution in [0.2, 0.25) is 0 Å². The largest absolute Gasteiger partial charge is 0.458 e. The lowest BCUT2D eigenvalue weighted by atomic mass is 10.0. The van der Waals surface area contributed by atoms with Crippen LogP contribution < -0.4 is 0 Å². The quantitative estimate of drug-likeness (QED) is 0.791. The number of nitrogens with zero attached hydrogens (tertiary/aromatic N) is 1. The van der Waals surface area contributed by atoms with E-state index in [2.05, 4.69) is 25.7 Å². The van der Waals surface area contributed by atoms with E-state index < -0.39 is 0 Å². The zero-order chi connectivity index (χ0) is 14.6. The molecule has 1 aliphatic rings. The summed E-state index contributed by atoms with van der Waals surface area (Å²) in [5.74, 6) is -0.167. The summed E-state index contributed by atoms with van der Waals surface area (Å²) in [6.07, 6.45) is -0.181. The molecule has 1 atom stereocenters. The van der Waals surface area contributed by atoms with Crippen molar-refractivity contribution >= 4 is 5.97 Å². The number of hydrogen-bond donors (Lipinski definition) is 0. The van der Waals surface area contributed by atoms with Crippen molar-refractivity contribution in [2.24, 2.45) is 0 Å². The summed E-state index contributed by atoms with van der Waals surface area (Å²) in [5, 5.41) is 0. The standard InChI is InChI=1S/C16H23NO3/c1-16(2,3)17-9-14(20-15(18)10-17)12-19-11-13-7-5-4-6-8-13/h4-8,14H,9-12H2,1-3H3/t14-/m1/s1. The molecule has 0 saturated carbocycles. The molecule has 20 heavy (non-hydrogen) atoms. The lowest BCUT2D eigenvalue weighted by molar-refractivity contribution is -0.167. The number of morpholine rings is 1. The number of carbonyl (C=O) groups excluding carboxylic acids is 1. The average molecular weight is 277 g/mol. The van der Waals surface area contributed by atoms with Gasteiger partial charge in [0.25, 0.3) is 0 Å². The molecule has 2 rings (SSSR count). The van der Waals surface area contributed by atoms with Gasteiger partial charge in [0.05, 0.1) is 19.8 Å². The molecule has 0 unspecified atom stereocenters. The minimum atomic E-state index is -0.181. The highest BCUT2D eigenvalue weighted by Crippen LogP contribution is 2.18. The van der Waals surface area contributed by atoms with E-state index in [4.69, 9.17) is 9.47 Å². The van der Waals surface area contributed by atoms with E-state index >= 15 is 0 Å². The Morgan fingerprint density at radius 1 is 1.30 bits per heavy atom. The van der Waals surface area contributed by atoms with Gasteiger partial charge in [0.15, 0.2) is 0 Å². The molecule has 0 aromatic heterocycles. The second-order valence-electron chi connectivity index (χ2n) is 6.16. The minimum Gasteiger partial charge on any atom is -0.458 e. The van der Waals surface area contributed by atoms with Crippen LogP contribution in [0.1, 0.15) is 26.3 Å². The van der Waals surface area contributed by atoms with E-state index in [1.807, 2.05) is 30.3 Å². The van der Waals surface area contributed by atoms with Crippen LogP contribution in [0.3, 0.4) is 0 Å². The predicted octanol–water partition coefficient (Wildman–Crippen LogP) is 2.23. The lowest BCUT2D eigenvalue weighted by Gasteiger charge is -2.40. The molecule has 4 nitrogen and oxygen atoms in total. The monoisotopic (exact) mass is 277 g/mol. The van der Waals surface area contributed by atoms with Crippen molar-refractivity contribution in [1.82, 2.24) is 4.90 Å². The zero-order valence-electron chi connectivity index (χ0n) is 12.5. The fraction of sp³-hybridized carbons (Fsp3) is 0.562. The van der Waals surface area contributed by atoms with Gasteiger partial charge in [0.2, 0.25) is 0 Å². The molecular weight excluding hydrogens is 254 g/mol. The van der Waals surface area contributed by atoms with Crippen molar-refractivity contribution in [3.05, 3.63) is 35.9 Å². The van der Waals surface area contributed by atoms with Crippen LogP contribution in [0.15, 0.2) is 30.3 Å². The highest BCUT2D eigenvalue weighted by Gasteiger charge is 2.32. The van der Waals surface area contributed by atoms with Gasteiger partial charge in [-0.05, 0) is 26.3 Å². The Bertz CT molecular complexity index is 439. The normalized spacial score (nSPS) is 20.8. The van der Waals surface area contributed by atoms with Crippen LogP contribution in [0, 0.1) is 0 Å². The number of cyclic esters (lactones) is 1. The maximum atomic E-state index is 11.6.